The van der Waals surface area contributed by atoms with Crippen LogP contribution in [-0.4, -0.2) is 19.9 Å². The van der Waals surface area contributed by atoms with Gasteiger partial charge in [-0.3, -0.25) is 0 Å². The lowest BCUT2D eigenvalue weighted by Gasteiger charge is -1.94. The Morgan fingerprint density at radius 2 is 1.47 bits per heavy atom. The van der Waals surface area contributed by atoms with E-state index in [0.717, 1.165) is 0 Å². The van der Waals surface area contributed by atoms with E-state index in [4.69, 9.17) is 41.1 Å². The molecule has 8 N–H and O–H groups in total. The number of nitrogens with two attached hydrogens (primary N) is 4. The quantitative estimate of drug-likeness (QED) is 0.400. The van der Waals surface area contributed by atoms with Crippen molar-refractivity contribution < 1.29 is 0 Å². The molecule has 0 aliphatic heterocycles. The molecule has 0 saturated heterocycles. The fourth-order valence-electron chi connectivity index (χ4n) is 0.830. The third kappa shape index (κ3) is 4.14. The van der Waals surface area contributed by atoms with E-state index in [9.17, 15) is 0 Å². The highest BCUT2D eigenvalue weighted by atomic mass is 35.5. The van der Waals surface area contributed by atoms with Gasteiger partial charge in [-0.15, -0.1) is 11.6 Å². The molecule has 2 aromatic rings. The van der Waals surface area contributed by atoms with Crippen LogP contribution in [0.1, 0.15) is 0 Å². The molecule has 0 fully saturated rings. The molecule has 2 heterocycles. The smallest absolute Gasteiger partial charge is 0.373 e. The number of hydrogen-bond acceptors (Lipinski definition) is 8. The third-order valence-electron chi connectivity index (χ3n) is 1.75. The van der Waals surface area contributed by atoms with Gasteiger partial charge in [0.15, 0.2) is 5.82 Å². The minimum absolute atomic E-state index is 0.0201. The molecule has 0 radical (unpaired) electrons. The van der Waals surface area contributed by atoms with Gasteiger partial charge in [-0.2, -0.15) is 9.97 Å². The molecule has 98 valence electrons. The average Bonchev–Trinajstić information content (AvgIpc) is 2.38. The SMILES string of the molecule is Nc1cnc(Cl)nc1N.[C-]#[N+]c1ncc(N)c(N)n1. The third-order valence-corrected chi connectivity index (χ3v) is 1.94. The van der Waals surface area contributed by atoms with E-state index < -0.39 is 0 Å². The average molecular weight is 280 g/mol. The van der Waals surface area contributed by atoms with Crippen molar-refractivity contribution in [3.63, 3.8) is 0 Å². The number of anilines is 4. The van der Waals surface area contributed by atoms with Gasteiger partial charge in [0.25, 0.3) is 0 Å². The van der Waals surface area contributed by atoms with Gasteiger partial charge in [0.05, 0.1) is 11.9 Å². The van der Waals surface area contributed by atoms with Crippen LogP contribution >= 0.6 is 11.6 Å². The van der Waals surface area contributed by atoms with Crippen LogP contribution in [0.2, 0.25) is 5.28 Å². The van der Waals surface area contributed by atoms with Crippen molar-refractivity contribution in [2.24, 2.45) is 0 Å². The van der Waals surface area contributed by atoms with Gasteiger partial charge in [-0.25, -0.2) is 4.98 Å². The van der Waals surface area contributed by atoms with Crippen LogP contribution in [-0.2, 0) is 0 Å². The van der Waals surface area contributed by atoms with Crippen LogP contribution in [0.25, 0.3) is 4.85 Å². The van der Waals surface area contributed by atoms with E-state index in [-0.39, 0.29) is 22.9 Å². The predicted octanol–water partition coefficient (Wildman–Crippen LogP) is 0.486. The second-order valence-corrected chi connectivity index (χ2v) is 3.44. The van der Waals surface area contributed by atoms with E-state index in [1.54, 1.807) is 0 Å². The molecule has 2 aromatic heterocycles. The minimum Gasteiger partial charge on any atom is -0.394 e. The normalized spacial score (nSPS) is 9.05. The summed E-state index contributed by atoms with van der Waals surface area (Å²) in [6.45, 7) is 6.51. The molecule has 0 amide bonds. The Labute approximate surface area is 113 Å². The first kappa shape index (κ1) is 14.2. The molecule has 0 aliphatic carbocycles. The Hall–Kier alpha value is -2.86. The topological polar surface area (TPSA) is 160 Å². The zero-order chi connectivity index (χ0) is 14.4. The number of nitrogen functional groups attached to an aromatic ring is 4. The molecule has 10 heteroatoms. The van der Waals surface area contributed by atoms with Crippen molar-refractivity contribution in [1.82, 2.24) is 19.9 Å². The minimum atomic E-state index is 0.0201. The fraction of sp³-hybridized carbons (Fsp3) is 0. The largest absolute Gasteiger partial charge is 0.394 e. The molecule has 0 aliphatic rings. The highest BCUT2D eigenvalue weighted by molar-refractivity contribution is 6.28. The molecule has 0 saturated carbocycles. The van der Waals surface area contributed by atoms with Gasteiger partial charge < -0.3 is 27.8 Å². The Bertz CT molecular complexity index is 622. The lowest BCUT2D eigenvalue weighted by Crippen LogP contribution is -1.98. The van der Waals surface area contributed by atoms with Gasteiger partial charge >= 0.3 is 5.95 Å². The van der Waals surface area contributed by atoms with Gasteiger partial charge in [-0.1, -0.05) is 0 Å². The van der Waals surface area contributed by atoms with Crippen molar-refractivity contribution in [1.29, 1.82) is 0 Å². The molecule has 19 heavy (non-hydrogen) atoms. The van der Waals surface area contributed by atoms with Crippen molar-refractivity contribution in [3.8, 4) is 0 Å². The molecule has 0 unspecified atom stereocenters. The second kappa shape index (κ2) is 6.18. The summed E-state index contributed by atoms with van der Waals surface area (Å²) < 4.78 is 0. The molecule has 0 aromatic carbocycles. The van der Waals surface area contributed by atoms with E-state index >= 15 is 0 Å². The van der Waals surface area contributed by atoms with Gasteiger partial charge in [0, 0.05) is 0 Å². The summed E-state index contributed by atoms with van der Waals surface area (Å²) in [5.74, 6) is 0.391. The maximum atomic E-state index is 6.51. The highest BCUT2D eigenvalue weighted by Gasteiger charge is 2.01. The Morgan fingerprint density at radius 3 is 1.89 bits per heavy atom. The molecule has 2 rings (SSSR count). The summed E-state index contributed by atoms with van der Waals surface area (Å²) in [4.78, 5) is 17.3. The van der Waals surface area contributed by atoms with Crippen molar-refractivity contribution in [3.05, 3.63) is 29.1 Å². The first-order valence-corrected chi connectivity index (χ1v) is 5.10. The summed E-state index contributed by atoms with van der Waals surface area (Å²) in [5, 5.41) is 0.113. The first-order chi connectivity index (χ1) is 8.93. The standard InChI is InChI=1S/C5H5N5.C4H5ClN4/c1-8-5-9-2-3(6)4(7)10-5;5-4-8-1-2(6)3(7)9-4/h2H,6H2,(H2,7,9,10);1H,6H2,(H2,7,8,9). The number of halogens is 1. The number of hydrogen-bond donors (Lipinski definition) is 4. The van der Waals surface area contributed by atoms with Crippen LogP contribution in [0, 0.1) is 6.57 Å². The van der Waals surface area contributed by atoms with E-state index in [1.807, 2.05) is 0 Å². The molecule has 0 bridgehead atoms. The summed E-state index contributed by atoms with van der Waals surface area (Å²) in [7, 11) is 0. The van der Waals surface area contributed by atoms with Crippen LogP contribution in [0.15, 0.2) is 12.4 Å². The molecular formula is C9H10ClN9. The van der Waals surface area contributed by atoms with Gasteiger partial charge in [0.2, 0.25) is 11.1 Å². The molecule has 9 nitrogen and oxygen atoms in total. The second-order valence-electron chi connectivity index (χ2n) is 3.10. The first-order valence-electron chi connectivity index (χ1n) is 4.73. The predicted molar refractivity (Wildman–Crippen MR) is 73.0 cm³/mol. The Kier molecular flexibility index (Phi) is 4.62. The Morgan fingerprint density at radius 1 is 0.947 bits per heavy atom. The summed E-state index contributed by atoms with van der Waals surface area (Å²) >= 11 is 5.36. The van der Waals surface area contributed by atoms with Crippen LogP contribution in [0.3, 0.4) is 0 Å². The van der Waals surface area contributed by atoms with Gasteiger partial charge in [0.1, 0.15) is 11.9 Å². The molecular weight excluding hydrogens is 270 g/mol. The molecule has 0 spiro atoms. The van der Waals surface area contributed by atoms with Crippen molar-refractivity contribution >= 4 is 40.6 Å². The van der Waals surface area contributed by atoms with E-state index in [0.29, 0.717) is 11.4 Å². The van der Waals surface area contributed by atoms with Crippen LogP contribution in [0.4, 0.5) is 29.0 Å². The van der Waals surface area contributed by atoms with Crippen molar-refractivity contribution in [2.75, 3.05) is 22.9 Å². The van der Waals surface area contributed by atoms with Crippen LogP contribution in [0.5, 0.6) is 0 Å². The maximum absolute atomic E-state index is 6.51. The number of aromatic nitrogens is 4. The van der Waals surface area contributed by atoms with Crippen molar-refractivity contribution in [2.45, 2.75) is 0 Å². The monoisotopic (exact) mass is 279 g/mol. The number of nitrogens with zero attached hydrogens (tertiary/aromatic N) is 5. The van der Waals surface area contributed by atoms with Crippen LogP contribution < -0.4 is 22.9 Å². The summed E-state index contributed by atoms with van der Waals surface area (Å²) in [6.07, 6.45) is 2.68. The molecule has 0 atom stereocenters. The van der Waals surface area contributed by atoms with E-state index in [1.165, 1.54) is 12.4 Å². The lowest BCUT2D eigenvalue weighted by atomic mass is 10.5. The summed E-state index contributed by atoms with van der Waals surface area (Å²) in [5.41, 5.74) is 21.8. The lowest BCUT2D eigenvalue weighted by molar-refractivity contribution is 1.18. The number of rotatable bonds is 0. The van der Waals surface area contributed by atoms with E-state index in [2.05, 4.69) is 24.8 Å². The maximum Gasteiger partial charge on any atom is 0.373 e. The summed E-state index contributed by atoms with van der Waals surface area (Å²) in [6, 6.07) is 0. The zero-order valence-corrected chi connectivity index (χ0v) is 10.3. The fourth-order valence-corrected chi connectivity index (χ4v) is 0.970. The highest BCUT2D eigenvalue weighted by Crippen LogP contribution is 2.12. The Balaban J connectivity index is 0.000000191. The van der Waals surface area contributed by atoms with Gasteiger partial charge in [-0.05, 0) is 11.6 Å². The zero-order valence-electron chi connectivity index (χ0n) is 9.58.